The van der Waals surface area contributed by atoms with Gasteiger partial charge in [0.1, 0.15) is 0 Å². The molecular weight excluding hydrogens is 308 g/mol. The minimum Gasteiger partial charge on any atom is -0.475 e. The van der Waals surface area contributed by atoms with Gasteiger partial charge in [0, 0.05) is 22.6 Å². The maximum Gasteiger partial charge on any atom is 0.371 e. The highest BCUT2D eigenvalue weighted by atomic mass is 32.2. The topological polar surface area (TPSA) is 93.6 Å². The van der Waals surface area contributed by atoms with Crippen molar-refractivity contribution in [3.8, 4) is 0 Å². The first-order valence-electron chi connectivity index (χ1n) is 5.46. The Balaban J connectivity index is 2.34. The number of alkyl halides is 2. The predicted octanol–water partition coefficient (Wildman–Crippen LogP) is 3.97. The summed E-state index contributed by atoms with van der Waals surface area (Å²) in [7, 11) is 0. The minimum absolute atomic E-state index is 0.0573. The van der Waals surface area contributed by atoms with Gasteiger partial charge in [-0.1, -0.05) is 11.8 Å². The third kappa shape index (κ3) is 3.37. The van der Waals surface area contributed by atoms with Gasteiger partial charge in [0.05, 0.1) is 4.92 Å². The number of nitrogens with zero attached hydrogens (tertiary/aromatic N) is 1. The van der Waals surface area contributed by atoms with Crippen LogP contribution in [0.1, 0.15) is 22.5 Å². The molecule has 2 aromatic rings. The zero-order valence-corrected chi connectivity index (χ0v) is 11.0. The fourth-order valence-electron chi connectivity index (χ4n) is 1.51. The molecule has 0 aliphatic rings. The molecule has 0 radical (unpaired) electrons. The number of hydrogen-bond donors (Lipinski definition) is 1. The Morgan fingerprint density at radius 1 is 1.33 bits per heavy atom. The Hall–Kier alpha value is -2.42. The van der Waals surface area contributed by atoms with Gasteiger partial charge in [0.2, 0.25) is 5.76 Å². The third-order valence-corrected chi connectivity index (χ3v) is 3.45. The van der Waals surface area contributed by atoms with Crippen molar-refractivity contribution in [1.82, 2.24) is 0 Å². The normalized spacial score (nSPS) is 10.8. The number of non-ortho nitro benzene ring substituents is 1. The van der Waals surface area contributed by atoms with E-state index < -0.39 is 28.6 Å². The van der Waals surface area contributed by atoms with E-state index in [1.54, 1.807) is 0 Å². The van der Waals surface area contributed by atoms with E-state index in [1.165, 1.54) is 18.2 Å². The van der Waals surface area contributed by atoms with Gasteiger partial charge < -0.3 is 9.52 Å². The van der Waals surface area contributed by atoms with Crippen LogP contribution in [0, 0.1) is 10.1 Å². The molecule has 110 valence electrons. The van der Waals surface area contributed by atoms with Crippen LogP contribution in [0.15, 0.2) is 44.7 Å². The summed E-state index contributed by atoms with van der Waals surface area (Å²) >= 11 is 0.769. The van der Waals surface area contributed by atoms with Crippen molar-refractivity contribution in [2.45, 2.75) is 16.4 Å². The van der Waals surface area contributed by atoms with Gasteiger partial charge in [-0.25, -0.2) is 13.6 Å². The molecule has 0 saturated carbocycles. The minimum atomic E-state index is -2.90. The fourth-order valence-corrected chi connectivity index (χ4v) is 2.40. The standard InChI is InChI=1S/C12H7F2NO5S/c13-11(14)7-5-6(15(18)19)1-3-9(7)21-10-4-2-8(20-10)12(16)17/h1-5,11H,(H,16,17). The number of rotatable bonds is 5. The van der Waals surface area contributed by atoms with Gasteiger partial charge in [-0.2, -0.15) is 0 Å². The van der Waals surface area contributed by atoms with Crippen molar-refractivity contribution in [3.05, 3.63) is 51.8 Å². The molecule has 0 aliphatic heterocycles. The molecule has 0 bridgehead atoms. The molecule has 2 rings (SSSR count). The van der Waals surface area contributed by atoms with Crippen LogP contribution in [0.2, 0.25) is 0 Å². The first kappa shape index (κ1) is 15.0. The number of nitro groups is 1. The van der Waals surface area contributed by atoms with E-state index in [0.717, 1.165) is 23.9 Å². The molecule has 0 saturated heterocycles. The van der Waals surface area contributed by atoms with Gasteiger partial charge >= 0.3 is 5.97 Å². The predicted molar refractivity (Wildman–Crippen MR) is 67.8 cm³/mol. The SMILES string of the molecule is O=C(O)c1ccc(Sc2ccc([N+](=O)[O-])cc2C(F)F)o1. The first-order chi connectivity index (χ1) is 9.88. The van der Waals surface area contributed by atoms with E-state index in [4.69, 9.17) is 9.52 Å². The summed E-state index contributed by atoms with van der Waals surface area (Å²) in [6.45, 7) is 0. The van der Waals surface area contributed by atoms with Crippen LogP contribution in [0.3, 0.4) is 0 Å². The number of benzene rings is 1. The first-order valence-corrected chi connectivity index (χ1v) is 6.27. The summed E-state index contributed by atoms with van der Waals surface area (Å²) in [4.78, 5) is 20.5. The Morgan fingerprint density at radius 3 is 2.57 bits per heavy atom. The number of carbonyl (C=O) groups is 1. The molecule has 0 unspecified atom stereocenters. The van der Waals surface area contributed by atoms with Gasteiger partial charge in [-0.15, -0.1) is 0 Å². The molecule has 1 aromatic heterocycles. The number of nitro benzene ring substituents is 1. The van der Waals surface area contributed by atoms with Crippen molar-refractivity contribution in [2.24, 2.45) is 0 Å². The molecule has 0 fully saturated rings. The summed E-state index contributed by atoms with van der Waals surface area (Å²) in [5.74, 6) is -1.60. The molecule has 0 amide bonds. The average Bonchev–Trinajstić information content (AvgIpc) is 2.87. The van der Waals surface area contributed by atoms with Gasteiger partial charge in [0.25, 0.3) is 12.1 Å². The van der Waals surface area contributed by atoms with Crippen LogP contribution in [-0.4, -0.2) is 16.0 Å². The van der Waals surface area contributed by atoms with Gasteiger partial charge in [-0.3, -0.25) is 10.1 Å². The summed E-state index contributed by atoms with van der Waals surface area (Å²) in [6, 6.07) is 5.57. The lowest BCUT2D eigenvalue weighted by atomic mass is 10.2. The number of carboxylic acid groups (broad SMARTS) is 1. The fraction of sp³-hybridized carbons (Fsp3) is 0.0833. The molecule has 21 heavy (non-hydrogen) atoms. The molecule has 6 nitrogen and oxygen atoms in total. The maximum atomic E-state index is 12.9. The third-order valence-electron chi connectivity index (χ3n) is 2.44. The highest BCUT2D eigenvalue weighted by Crippen LogP contribution is 2.37. The van der Waals surface area contributed by atoms with E-state index >= 15 is 0 Å². The van der Waals surface area contributed by atoms with Crippen LogP contribution in [0.5, 0.6) is 0 Å². The van der Waals surface area contributed by atoms with Crippen molar-refractivity contribution < 1.29 is 28.0 Å². The lowest BCUT2D eigenvalue weighted by Crippen LogP contribution is -1.93. The smallest absolute Gasteiger partial charge is 0.371 e. The van der Waals surface area contributed by atoms with Crippen molar-refractivity contribution >= 4 is 23.4 Å². The lowest BCUT2D eigenvalue weighted by Gasteiger charge is -2.06. The molecule has 1 aromatic carbocycles. The Labute approximate surface area is 120 Å². The van der Waals surface area contributed by atoms with E-state index in [1.807, 2.05) is 0 Å². The summed E-state index contributed by atoms with van der Waals surface area (Å²) in [5.41, 5.74) is -0.956. The van der Waals surface area contributed by atoms with E-state index in [-0.39, 0.29) is 15.7 Å². The highest BCUT2D eigenvalue weighted by molar-refractivity contribution is 7.99. The summed E-state index contributed by atoms with van der Waals surface area (Å²) in [5, 5.41) is 19.4. The summed E-state index contributed by atoms with van der Waals surface area (Å²) in [6.07, 6.45) is -2.90. The zero-order valence-electron chi connectivity index (χ0n) is 10.2. The Morgan fingerprint density at radius 2 is 2.05 bits per heavy atom. The molecule has 0 atom stereocenters. The maximum absolute atomic E-state index is 12.9. The van der Waals surface area contributed by atoms with Gasteiger partial charge in [-0.05, 0) is 18.2 Å². The monoisotopic (exact) mass is 315 g/mol. The van der Waals surface area contributed by atoms with Gasteiger partial charge in [0.15, 0.2) is 5.09 Å². The van der Waals surface area contributed by atoms with Crippen molar-refractivity contribution in [3.63, 3.8) is 0 Å². The number of aromatic carboxylic acids is 1. The number of carboxylic acids is 1. The van der Waals surface area contributed by atoms with Crippen molar-refractivity contribution in [1.29, 1.82) is 0 Å². The van der Waals surface area contributed by atoms with Crippen LogP contribution >= 0.6 is 11.8 Å². The number of halogens is 2. The zero-order chi connectivity index (χ0) is 15.6. The largest absolute Gasteiger partial charge is 0.475 e. The average molecular weight is 315 g/mol. The Kier molecular flexibility index (Phi) is 4.22. The van der Waals surface area contributed by atoms with Crippen LogP contribution in [-0.2, 0) is 0 Å². The second-order valence-electron chi connectivity index (χ2n) is 3.81. The van der Waals surface area contributed by atoms with Crippen molar-refractivity contribution in [2.75, 3.05) is 0 Å². The molecule has 0 spiro atoms. The number of furan rings is 1. The van der Waals surface area contributed by atoms with Crippen LogP contribution in [0.4, 0.5) is 14.5 Å². The van der Waals surface area contributed by atoms with E-state index in [2.05, 4.69) is 0 Å². The molecule has 1 N–H and O–H groups in total. The second-order valence-corrected chi connectivity index (χ2v) is 4.85. The van der Waals surface area contributed by atoms with E-state index in [0.29, 0.717) is 0 Å². The highest BCUT2D eigenvalue weighted by Gasteiger charge is 2.20. The number of hydrogen-bond acceptors (Lipinski definition) is 5. The molecule has 0 aliphatic carbocycles. The molecule has 1 heterocycles. The molecular formula is C12H7F2NO5S. The van der Waals surface area contributed by atoms with Crippen LogP contribution < -0.4 is 0 Å². The lowest BCUT2D eigenvalue weighted by molar-refractivity contribution is -0.385. The van der Waals surface area contributed by atoms with E-state index in [9.17, 15) is 23.7 Å². The second kappa shape index (κ2) is 5.92. The Bertz CT molecular complexity index is 701. The summed E-state index contributed by atoms with van der Waals surface area (Å²) < 4.78 is 30.8. The molecule has 9 heteroatoms. The van der Waals surface area contributed by atoms with Crippen LogP contribution in [0.25, 0.3) is 0 Å². The quantitative estimate of drug-likeness (QED) is 0.662.